The predicted molar refractivity (Wildman–Crippen MR) is 105 cm³/mol. The van der Waals surface area contributed by atoms with E-state index in [0.29, 0.717) is 0 Å². The van der Waals surface area contributed by atoms with Crippen molar-refractivity contribution in [1.29, 1.82) is 0 Å². The van der Waals surface area contributed by atoms with Crippen LogP contribution in [0.4, 0.5) is 0 Å². The summed E-state index contributed by atoms with van der Waals surface area (Å²) in [5, 5.41) is 2.57. The van der Waals surface area contributed by atoms with E-state index in [9.17, 15) is 0 Å². The summed E-state index contributed by atoms with van der Waals surface area (Å²) in [6, 6.07) is 21.7. The van der Waals surface area contributed by atoms with Gasteiger partial charge in [-0.3, -0.25) is 0 Å². The van der Waals surface area contributed by atoms with Crippen LogP contribution in [0, 0.1) is 6.92 Å². The molecule has 0 radical (unpaired) electrons. The van der Waals surface area contributed by atoms with E-state index in [0.717, 1.165) is 15.5 Å². The summed E-state index contributed by atoms with van der Waals surface area (Å²) in [6.07, 6.45) is 0. The lowest BCUT2D eigenvalue weighted by Crippen LogP contribution is -2.00. The van der Waals surface area contributed by atoms with Gasteiger partial charge >= 0.3 is 0 Å². The molecule has 114 valence electrons. The van der Waals surface area contributed by atoms with Crippen molar-refractivity contribution < 1.29 is 0 Å². The van der Waals surface area contributed by atoms with E-state index < -0.39 is 0 Å². The standard InChI is InChI=1S/C20H15Br2N/c1-13-6-8-14(9-7-13)12-23-18-5-3-2-4-15(18)16-10-11-17(21)19(22)20(16)23/h2-11H,12H2,1H3. The first-order valence-corrected chi connectivity index (χ1v) is 9.14. The highest BCUT2D eigenvalue weighted by Gasteiger charge is 2.14. The minimum atomic E-state index is 0.860. The fraction of sp³-hybridized carbons (Fsp3) is 0.100. The average molecular weight is 429 g/mol. The smallest absolute Gasteiger partial charge is 0.0650 e. The van der Waals surface area contributed by atoms with Crippen LogP contribution in [-0.4, -0.2) is 4.57 Å². The maximum Gasteiger partial charge on any atom is 0.0650 e. The third kappa shape index (κ3) is 2.52. The molecule has 4 aromatic rings. The number of benzene rings is 3. The van der Waals surface area contributed by atoms with Gasteiger partial charge in [0.05, 0.1) is 9.99 Å². The van der Waals surface area contributed by atoms with Gasteiger partial charge in [0.15, 0.2) is 0 Å². The van der Waals surface area contributed by atoms with E-state index in [-0.39, 0.29) is 0 Å². The molecule has 1 nitrogen and oxygen atoms in total. The van der Waals surface area contributed by atoms with Gasteiger partial charge in [0.1, 0.15) is 0 Å². The number of nitrogens with zero attached hydrogens (tertiary/aromatic N) is 1. The summed E-state index contributed by atoms with van der Waals surface area (Å²) in [6.45, 7) is 2.98. The minimum Gasteiger partial charge on any atom is -0.335 e. The van der Waals surface area contributed by atoms with Gasteiger partial charge in [0.25, 0.3) is 0 Å². The fourth-order valence-electron chi connectivity index (χ4n) is 3.12. The molecule has 4 rings (SSSR count). The molecule has 0 saturated carbocycles. The van der Waals surface area contributed by atoms with Gasteiger partial charge in [0, 0.05) is 27.3 Å². The van der Waals surface area contributed by atoms with Crippen LogP contribution in [0.15, 0.2) is 69.6 Å². The zero-order valence-electron chi connectivity index (χ0n) is 12.7. The molecule has 0 bridgehead atoms. The molecular weight excluding hydrogens is 414 g/mol. The lowest BCUT2D eigenvalue weighted by molar-refractivity contribution is 0.866. The van der Waals surface area contributed by atoms with Crippen molar-refractivity contribution in [2.45, 2.75) is 13.5 Å². The number of para-hydroxylation sites is 1. The SMILES string of the molecule is Cc1ccc(Cn2c3ccccc3c3ccc(Br)c(Br)c32)cc1. The molecule has 1 heterocycles. The zero-order valence-corrected chi connectivity index (χ0v) is 15.9. The Balaban J connectivity index is 2.02. The van der Waals surface area contributed by atoms with E-state index in [1.54, 1.807) is 0 Å². The van der Waals surface area contributed by atoms with Gasteiger partial charge in [-0.2, -0.15) is 0 Å². The first-order valence-electron chi connectivity index (χ1n) is 7.55. The molecule has 1 aromatic heterocycles. The number of rotatable bonds is 2. The molecule has 3 aromatic carbocycles. The van der Waals surface area contributed by atoms with Gasteiger partial charge in [-0.05, 0) is 56.5 Å². The van der Waals surface area contributed by atoms with Crippen LogP contribution >= 0.6 is 31.9 Å². The molecular formula is C20H15Br2N. The van der Waals surface area contributed by atoms with E-state index in [1.807, 2.05) is 0 Å². The second-order valence-corrected chi connectivity index (χ2v) is 7.49. The maximum absolute atomic E-state index is 3.77. The Bertz CT molecular complexity index is 1010. The molecule has 0 spiro atoms. The number of aryl methyl sites for hydroxylation is 1. The second-order valence-electron chi connectivity index (χ2n) is 5.85. The quantitative estimate of drug-likeness (QED) is 0.335. The van der Waals surface area contributed by atoms with E-state index in [4.69, 9.17) is 0 Å². The average Bonchev–Trinajstić information content (AvgIpc) is 2.88. The topological polar surface area (TPSA) is 4.93 Å². The highest BCUT2D eigenvalue weighted by molar-refractivity contribution is 9.13. The molecule has 0 aliphatic heterocycles. The lowest BCUT2D eigenvalue weighted by Gasteiger charge is -2.10. The van der Waals surface area contributed by atoms with Crippen molar-refractivity contribution in [1.82, 2.24) is 4.57 Å². The molecule has 0 fully saturated rings. The van der Waals surface area contributed by atoms with Crippen molar-refractivity contribution in [3.8, 4) is 0 Å². The molecule has 23 heavy (non-hydrogen) atoms. The molecule has 0 amide bonds. The van der Waals surface area contributed by atoms with Gasteiger partial charge in [-0.25, -0.2) is 0 Å². The Hall–Kier alpha value is -1.58. The summed E-state index contributed by atoms with van der Waals surface area (Å²) < 4.78 is 4.58. The highest BCUT2D eigenvalue weighted by atomic mass is 79.9. The van der Waals surface area contributed by atoms with Crippen molar-refractivity contribution >= 4 is 53.7 Å². The van der Waals surface area contributed by atoms with Crippen LogP contribution in [0.2, 0.25) is 0 Å². The monoisotopic (exact) mass is 427 g/mol. The summed E-state index contributed by atoms with van der Waals surface area (Å²) in [5.74, 6) is 0. The van der Waals surface area contributed by atoms with E-state index in [2.05, 4.69) is 104 Å². The van der Waals surface area contributed by atoms with Gasteiger partial charge in [0.2, 0.25) is 0 Å². The predicted octanol–water partition coefficient (Wildman–Crippen LogP) is 6.68. The van der Waals surface area contributed by atoms with E-state index >= 15 is 0 Å². The van der Waals surface area contributed by atoms with Crippen molar-refractivity contribution in [3.63, 3.8) is 0 Å². The zero-order chi connectivity index (χ0) is 16.0. The summed E-state index contributed by atoms with van der Waals surface area (Å²) in [5.41, 5.74) is 5.10. The Morgan fingerprint density at radius 1 is 0.826 bits per heavy atom. The van der Waals surface area contributed by atoms with E-state index in [1.165, 1.54) is 32.9 Å². The number of aromatic nitrogens is 1. The Kier molecular flexibility index (Phi) is 3.78. The fourth-order valence-corrected chi connectivity index (χ4v) is 4.00. The second kappa shape index (κ2) is 5.81. The minimum absolute atomic E-state index is 0.860. The normalized spacial score (nSPS) is 11.4. The van der Waals surface area contributed by atoms with Crippen LogP contribution in [0.25, 0.3) is 21.8 Å². The molecule has 0 unspecified atom stereocenters. The first kappa shape index (κ1) is 15.0. The number of hydrogen-bond acceptors (Lipinski definition) is 0. The summed E-state index contributed by atoms with van der Waals surface area (Å²) >= 11 is 7.41. The summed E-state index contributed by atoms with van der Waals surface area (Å²) in [7, 11) is 0. The van der Waals surface area contributed by atoms with Gasteiger partial charge in [-0.15, -0.1) is 0 Å². The van der Waals surface area contributed by atoms with Crippen LogP contribution in [0.5, 0.6) is 0 Å². The number of hydrogen-bond donors (Lipinski definition) is 0. The van der Waals surface area contributed by atoms with Gasteiger partial charge in [-0.1, -0.05) is 54.1 Å². The van der Waals surface area contributed by atoms with Crippen LogP contribution < -0.4 is 0 Å². The third-order valence-corrected chi connectivity index (χ3v) is 6.28. The number of halogens is 2. The maximum atomic E-state index is 3.77. The molecule has 0 saturated heterocycles. The van der Waals surface area contributed by atoms with Crippen molar-refractivity contribution in [3.05, 3.63) is 80.7 Å². The van der Waals surface area contributed by atoms with Crippen LogP contribution in [0.1, 0.15) is 11.1 Å². The molecule has 0 aliphatic carbocycles. The van der Waals surface area contributed by atoms with Crippen LogP contribution in [0.3, 0.4) is 0 Å². The van der Waals surface area contributed by atoms with Crippen molar-refractivity contribution in [2.24, 2.45) is 0 Å². The molecule has 0 N–H and O–H groups in total. The largest absolute Gasteiger partial charge is 0.335 e. The van der Waals surface area contributed by atoms with Gasteiger partial charge < -0.3 is 4.57 Å². The Morgan fingerprint density at radius 2 is 1.57 bits per heavy atom. The molecule has 0 aliphatic rings. The van der Waals surface area contributed by atoms with Crippen LogP contribution in [-0.2, 0) is 6.54 Å². The highest BCUT2D eigenvalue weighted by Crippen LogP contribution is 2.37. The third-order valence-electron chi connectivity index (χ3n) is 4.29. The Labute approximate surface area is 152 Å². The molecule has 3 heteroatoms. The lowest BCUT2D eigenvalue weighted by atomic mass is 10.1. The molecule has 0 atom stereocenters. The summed E-state index contributed by atoms with van der Waals surface area (Å²) in [4.78, 5) is 0. The number of fused-ring (bicyclic) bond motifs is 3. The Morgan fingerprint density at radius 3 is 2.35 bits per heavy atom. The van der Waals surface area contributed by atoms with Crippen molar-refractivity contribution in [2.75, 3.05) is 0 Å². The first-order chi connectivity index (χ1) is 11.1.